The maximum Gasteiger partial charge on any atom is 0.307 e. The number of unbranched alkanes of at least 4 members (excludes halogenated alkanes) is 13. The lowest BCUT2D eigenvalue weighted by molar-refractivity contribution is -0.159. The molecular formula is C21H42O3. The Labute approximate surface area is 150 Å². The van der Waals surface area contributed by atoms with Crippen LogP contribution in [-0.4, -0.2) is 18.9 Å². The maximum atomic E-state index is 11.4. The molecule has 0 aromatic heterocycles. The third-order valence-corrected chi connectivity index (χ3v) is 4.36. The van der Waals surface area contributed by atoms with Gasteiger partial charge in [0.25, 0.3) is 0 Å². The third kappa shape index (κ3) is 19.5. The molecule has 0 aliphatic heterocycles. The first-order chi connectivity index (χ1) is 11.7. The quantitative estimate of drug-likeness (QED) is 0.156. The van der Waals surface area contributed by atoms with E-state index in [1.807, 2.05) is 13.8 Å². The zero-order chi connectivity index (χ0) is 17.9. The maximum absolute atomic E-state index is 11.4. The standard InChI is InChI=1S/C21H42O3/c1-4-5-6-7-8-9-10-11-12-13-14-15-16-17-18-21(22)24-19-23-20(2)3/h20H,4-19H2,1-3H3. The summed E-state index contributed by atoms with van der Waals surface area (Å²) >= 11 is 0. The van der Waals surface area contributed by atoms with Crippen molar-refractivity contribution in [2.45, 2.75) is 123 Å². The van der Waals surface area contributed by atoms with Crippen LogP contribution in [0.2, 0.25) is 0 Å². The van der Waals surface area contributed by atoms with Crippen LogP contribution in [0.15, 0.2) is 0 Å². The smallest absolute Gasteiger partial charge is 0.307 e. The number of esters is 1. The predicted octanol–water partition coefficient (Wildman–Crippen LogP) is 6.78. The molecule has 0 aromatic carbocycles. The summed E-state index contributed by atoms with van der Waals surface area (Å²) in [5, 5.41) is 0. The monoisotopic (exact) mass is 342 g/mol. The summed E-state index contributed by atoms with van der Waals surface area (Å²) in [7, 11) is 0. The fourth-order valence-electron chi connectivity index (χ4n) is 2.77. The van der Waals surface area contributed by atoms with Crippen molar-refractivity contribution in [1.29, 1.82) is 0 Å². The van der Waals surface area contributed by atoms with Crippen LogP contribution in [0.3, 0.4) is 0 Å². The van der Waals surface area contributed by atoms with E-state index in [9.17, 15) is 4.79 Å². The summed E-state index contributed by atoms with van der Waals surface area (Å²) in [6, 6.07) is 0. The normalized spacial score (nSPS) is 11.2. The molecule has 0 bridgehead atoms. The molecule has 0 aliphatic carbocycles. The average molecular weight is 343 g/mol. The first kappa shape index (κ1) is 23.4. The van der Waals surface area contributed by atoms with Gasteiger partial charge in [0.1, 0.15) is 0 Å². The van der Waals surface area contributed by atoms with Crippen molar-refractivity contribution in [1.82, 2.24) is 0 Å². The molecule has 0 N–H and O–H groups in total. The molecule has 0 spiro atoms. The van der Waals surface area contributed by atoms with Gasteiger partial charge in [-0.05, 0) is 20.3 Å². The molecule has 0 fully saturated rings. The molecule has 3 nitrogen and oxygen atoms in total. The Morgan fingerprint density at radius 1 is 0.708 bits per heavy atom. The minimum absolute atomic E-state index is 0.0924. The zero-order valence-electron chi connectivity index (χ0n) is 16.6. The highest BCUT2D eigenvalue weighted by Gasteiger charge is 2.03. The van der Waals surface area contributed by atoms with Gasteiger partial charge >= 0.3 is 5.97 Å². The minimum Gasteiger partial charge on any atom is -0.438 e. The molecule has 0 aromatic rings. The summed E-state index contributed by atoms with van der Waals surface area (Å²) in [5.74, 6) is -0.130. The largest absolute Gasteiger partial charge is 0.438 e. The Kier molecular flexibility index (Phi) is 18.3. The molecule has 0 atom stereocenters. The highest BCUT2D eigenvalue weighted by Crippen LogP contribution is 2.13. The van der Waals surface area contributed by atoms with Crippen molar-refractivity contribution >= 4 is 5.97 Å². The Hall–Kier alpha value is -0.570. The van der Waals surface area contributed by atoms with Crippen LogP contribution < -0.4 is 0 Å². The molecule has 0 saturated heterocycles. The van der Waals surface area contributed by atoms with Crippen molar-refractivity contribution in [2.24, 2.45) is 0 Å². The van der Waals surface area contributed by atoms with Crippen LogP contribution in [0.5, 0.6) is 0 Å². The molecule has 24 heavy (non-hydrogen) atoms. The molecule has 3 heteroatoms. The van der Waals surface area contributed by atoms with Gasteiger partial charge in [-0.25, -0.2) is 0 Å². The molecule has 0 unspecified atom stereocenters. The fourth-order valence-corrected chi connectivity index (χ4v) is 2.77. The summed E-state index contributed by atoms with van der Waals surface area (Å²) in [5.41, 5.74) is 0. The Balaban J connectivity index is 3.10. The van der Waals surface area contributed by atoms with E-state index in [4.69, 9.17) is 9.47 Å². The van der Waals surface area contributed by atoms with E-state index in [0.717, 1.165) is 12.8 Å². The van der Waals surface area contributed by atoms with Gasteiger partial charge in [-0.15, -0.1) is 0 Å². The number of carbonyl (C=O) groups is 1. The van der Waals surface area contributed by atoms with Gasteiger partial charge in [0.2, 0.25) is 0 Å². The van der Waals surface area contributed by atoms with Gasteiger partial charge in [-0.2, -0.15) is 0 Å². The lowest BCUT2D eigenvalue weighted by atomic mass is 10.0. The van der Waals surface area contributed by atoms with E-state index in [1.54, 1.807) is 0 Å². The van der Waals surface area contributed by atoms with E-state index >= 15 is 0 Å². The highest BCUT2D eigenvalue weighted by atomic mass is 16.7. The molecule has 0 heterocycles. The van der Waals surface area contributed by atoms with Crippen LogP contribution in [0, 0.1) is 0 Å². The van der Waals surface area contributed by atoms with E-state index in [2.05, 4.69) is 6.92 Å². The molecule has 0 saturated carbocycles. The second-order valence-electron chi connectivity index (χ2n) is 7.20. The summed E-state index contributed by atoms with van der Waals surface area (Å²) in [6.45, 7) is 6.23. The van der Waals surface area contributed by atoms with Crippen LogP contribution in [0.25, 0.3) is 0 Å². The number of hydrogen-bond donors (Lipinski definition) is 0. The number of ether oxygens (including phenoxy) is 2. The van der Waals surface area contributed by atoms with Crippen LogP contribution in [-0.2, 0) is 14.3 Å². The van der Waals surface area contributed by atoms with E-state index in [-0.39, 0.29) is 18.9 Å². The van der Waals surface area contributed by atoms with Gasteiger partial charge in [-0.1, -0.05) is 90.4 Å². The van der Waals surface area contributed by atoms with Crippen LogP contribution in [0.4, 0.5) is 0 Å². The number of rotatable bonds is 18. The van der Waals surface area contributed by atoms with Crippen molar-refractivity contribution in [3.63, 3.8) is 0 Å². The minimum atomic E-state index is -0.130. The topological polar surface area (TPSA) is 35.5 Å². The van der Waals surface area contributed by atoms with Gasteiger partial charge in [0.15, 0.2) is 6.79 Å². The van der Waals surface area contributed by atoms with Crippen molar-refractivity contribution in [2.75, 3.05) is 6.79 Å². The summed E-state index contributed by atoms with van der Waals surface area (Å²) in [6.07, 6.45) is 19.3. The molecule has 0 rings (SSSR count). The summed E-state index contributed by atoms with van der Waals surface area (Å²) in [4.78, 5) is 11.4. The van der Waals surface area contributed by atoms with Crippen molar-refractivity contribution < 1.29 is 14.3 Å². The van der Waals surface area contributed by atoms with Gasteiger partial charge in [0.05, 0.1) is 6.10 Å². The Morgan fingerprint density at radius 2 is 1.12 bits per heavy atom. The third-order valence-electron chi connectivity index (χ3n) is 4.36. The second-order valence-corrected chi connectivity index (χ2v) is 7.20. The van der Waals surface area contributed by atoms with E-state index in [1.165, 1.54) is 77.0 Å². The van der Waals surface area contributed by atoms with E-state index < -0.39 is 0 Å². The van der Waals surface area contributed by atoms with Crippen LogP contribution in [0.1, 0.15) is 117 Å². The van der Waals surface area contributed by atoms with Crippen molar-refractivity contribution in [3.05, 3.63) is 0 Å². The number of carbonyl (C=O) groups excluding carboxylic acids is 1. The lowest BCUT2D eigenvalue weighted by Gasteiger charge is -2.08. The van der Waals surface area contributed by atoms with Gasteiger partial charge in [-0.3, -0.25) is 4.79 Å². The fraction of sp³-hybridized carbons (Fsp3) is 0.952. The molecule has 144 valence electrons. The van der Waals surface area contributed by atoms with Gasteiger partial charge in [0, 0.05) is 6.42 Å². The Bertz CT molecular complexity index is 264. The van der Waals surface area contributed by atoms with Crippen molar-refractivity contribution in [3.8, 4) is 0 Å². The summed E-state index contributed by atoms with van der Waals surface area (Å²) < 4.78 is 10.2. The molecular weight excluding hydrogens is 300 g/mol. The van der Waals surface area contributed by atoms with E-state index in [0.29, 0.717) is 6.42 Å². The predicted molar refractivity (Wildman–Crippen MR) is 102 cm³/mol. The average Bonchev–Trinajstić information content (AvgIpc) is 2.55. The molecule has 0 aliphatic rings. The molecule has 0 radical (unpaired) electrons. The lowest BCUT2D eigenvalue weighted by Crippen LogP contribution is -2.11. The first-order valence-corrected chi connectivity index (χ1v) is 10.4. The number of hydrogen-bond acceptors (Lipinski definition) is 3. The molecule has 0 amide bonds. The zero-order valence-corrected chi connectivity index (χ0v) is 16.6. The first-order valence-electron chi connectivity index (χ1n) is 10.4. The van der Waals surface area contributed by atoms with Crippen LogP contribution >= 0.6 is 0 Å². The highest BCUT2D eigenvalue weighted by molar-refractivity contribution is 5.69. The SMILES string of the molecule is CCCCCCCCCCCCCCCCC(=O)OCOC(C)C. The second kappa shape index (κ2) is 18.8. The van der Waals surface area contributed by atoms with Gasteiger partial charge < -0.3 is 9.47 Å². The Morgan fingerprint density at radius 3 is 1.54 bits per heavy atom.